The highest BCUT2D eigenvalue weighted by atomic mass is 35.5. The molecule has 2 N–H and O–H groups in total. The number of nitrogens with one attached hydrogen (secondary N) is 2. The fraction of sp³-hybridized carbons (Fsp3) is 0.316. The molecule has 0 radical (unpaired) electrons. The van der Waals surface area contributed by atoms with Crippen LogP contribution in [0.5, 0.6) is 0 Å². The van der Waals surface area contributed by atoms with Crippen molar-refractivity contribution in [3.63, 3.8) is 0 Å². The Morgan fingerprint density at radius 2 is 2.04 bits per heavy atom. The van der Waals surface area contributed by atoms with Crippen molar-refractivity contribution < 1.29 is 19.1 Å². The van der Waals surface area contributed by atoms with Crippen LogP contribution in [0.3, 0.4) is 0 Å². The van der Waals surface area contributed by atoms with Gasteiger partial charge in [-0.25, -0.2) is 4.79 Å². The molecular formula is C19H19ClN2O4S. The lowest BCUT2D eigenvalue weighted by Gasteiger charge is -2.18. The van der Waals surface area contributed by atoms with Crippen molar-refractivity contribution >= 4 is 45.8 Å². The highest BCUT2D eigenvalue weighted by Crippen LogP contribution is 2.39. The molecule has 0 saturated carbocycles. The van der Waals surface area contributed by atoms with E-state index in [4.69, 9.17) is 11.6 Å². The summed E-state index contributed by atoms with van der Waals surface area (Å²) in [4.78, 5) is 37.8. The lowest BCUT2D eigenvalue weighted by Crippen LogP contribution is -2.31. The van der Waals surface area contributed by atoms with E-state index < -0.39 is 12.0 Å². The van der Waals surface area contributed by atoms with E-state index in [1.54, 1.807) is 24.3 Å². The number of carbonyl (C=O) groups excluding carboxylic acids is 3. The Balaban J connectivity index is 1.95. The lowest BCUT2D eigenvalue weighted by molar-refractivity contribution is 0.0937. The molecule has 2 aromatic rings. The second kappa shape index (κ2) is 8.10. The number of hydrogen-bond donors (Lipinski definition) is 2. The highest BCUT2D eigenvalue weighted by Gasteiger charge is 2.29. The molecule has 1 aliphatic carbocycles. The summed E-state index contributed by atoms with van der Waals surface area (Å²) in [5.41, 5.74) is 1.62. The molecule has 1 atom stereocenters. The van der Waals surface area contributed by atoms with Crippen LogP contribution < -0.4 is 10.6 Å². The third kappa shape index (κ3) is 4.31. The summed E-state index contributed by atoms with van der Waals surface area (Å²) in [7, 11) is 1.19. The predicted molar refractivity (Wildman–Crippen MR) is 105 cm³/mol. The Morgan fingerprint density at radius 3 is 2.74 bits per heavy atom. The number of imide groups is 1. The summed E-state index contributed by atoms with van der Waals surface area (Å²) < 4.78 is 4.51. The van der Waals surface area contributed by atoms with Crippen LogP contribution in [0, 0.1) is 5.92 Å². The van der Waals surface area contributed by atoms with Crippen LogP contribution in [-0.2, 0) is 17.6 Å². The predicted octanol–water partition coefficient (Wildman–Crippen LogP) is 4.27. The average molecular weight is 407 g/mol. The van der Waals surface area contributed by atoms with Gasteiger partial charge in [0.1, 0.15) is 5.00 Å². The molecule has 0 bridgehead atoms. The van der Waals surface area contributed by atoms with Crippen molar-refractivity contribution in [2.45, 2.75) is 26.2 Å². The Kier molecular flexibility index (Phi) is 5.82. The van der Waals surface area contributed by atoms with Crippen LogP contribution in [0.25, 0.3) is 0 Å². The van der Waals surface area contributed by atoms with E-state index in [1.165, 1.54) is 18.4 Å². The van der Waals surface area contributed by atoms with Gasteiger partial charge in [0, 0.05) is 15.5 Å². The molecule has 0 spiro atoms. The second-order valence-corrected chi connectivity index (χ2v) is 8.01. The van der Waals surface area contributed by atoms with Gasteiger partial charge in [-0.2, -0.15) is 0 Å². The number of fused-ring (bicyclic) bond motifs is 1. The van der Waals surface area contributed by atoms with Gasteiger partial charge in [0.05, 0.1) is 12.7 Å². The number of alkyl carbamates (subject to hydrolysis) is 1. The third-order valence-electron chi connectivity index (χ3n) is 4.45. The fourth-order valence-electron chi connectivity index (χ4n) is 3.09. The molecule has 3 rings (SSSR count). The molecule has 142 valence electrons. The van der Waals surface area contributed by atoms with E-state index in [1.807, 2.05) is 0 Å². The average Bonchev–Trinajstić information content (AvgIpc) is 2.98. The first kappa shape index (κ1) is 19.4. The number of anilines is 1. The van der Waals surface area contributed by atoms with Gasteiger partial charge in [-0.1, -0.05) is 24.6 Å². The number of hydrogen-bond acceptors (Lipinski definition) is 5. The van der Waals surface area contributed by atoms with Crippen molar-refractivity contribution in [1.29, 1.82) is 0 Å². The monoisotopic (exact) mass is 406 g/mol. The van der Waals surface area contributed by atoms with E-state index in [2.05, 4.69) is 22.3 Å². The molecule has 0 unspecified atom stereocenters. The van der Waals surface area contributed by atoms with Gasteiger partial charge < -0.3 is 10.1 Å². The lowest BCUT2D eigenvalue weighted by atomic mass is 9.88. The van der Waals surface area contributed by atoms with Crippen molar-refractivity contribution in [3.8, 4) is 0 Å². The van der Waals surface area contributed by atoms with Gasteiger partial charge in [-0.15, -0.1) is 11.3 Å². The molecule has 0 saturated heterocycles. The van der Waals surface area contributed by atoms with Gasteiger partial charge in [0.15, 0.2) is 0 Å². The highest BCUT2D eigenvalue weighted by molar-refractivity contribution is 7.17. The van der Waals surface area contributed by atoms with Gasteiger partial charge in [0.25, 0.3) is 11.8 Å². The minimum atomic E-state index is -0.837. The van der Waals surface area contributed by atoms with Crippen molar-refractivity contribution in [3.05, 3.63) is 50.9 Å². The van der Waals surface area contributed by atoms with Crippen molar-refractivity contribution in [1.82, 2.24) is 5.32 Å². The maximum absolute atomic E-state index is 12.6. The standard InChI is InChI=1S/C19H19ClN2O4S/c1-10-6-7-13-14(8-10)27-18(15(13)17(24)22-19(25)26-2)21-16(23)11-4-3-5-12(20)9-11/h3-5,9-10H,6-8H2,1-2H3,(H,21,23)(H,22,24,25)/t10-/m1/s1. The summed E-state index contributed by atoms with van der Waals surface area (Å²) in [5.74, 6) is -0.435. The molecule has 1 aromatic heterocycles. The normalized spacial score (nSPS) is 15.6. The molecule has 1 heterocycles. The first-order valence-corrected chi connectivity index (χ1v) is 9.69. The number of benzene rings is 1. The fourth-order valence-corrected chi connectivity index (χ4v) is 4.68. The van der Waals surface area contributed by atoms with Crippen molar-refractivity contribution in [2.24, 2.45) is 5.92 Å². The number of amides is 3. The first-order valence-electron chi connectivity index (χ1n) is 8.49. The zero-order chi connectivity index (χ0) is 19.6. The molecule has 27 heavy (non-hydrogen) atoms. The Bertz CT molecular complexity index is 909. The third-order valence-corrected chi connectivity index (χ3v) is 5.86. The summed E-state index contributed by atoms with van der Waals surface area (Å²) in [5, 5.41) is 5.88. The summed E-state index contributed by atoms with van der Waals surface area (Å²) in [6, 6.07) is 6.56. The Morgan fingerprint density at radius 1 is 1.26 bits per heavy atom. The minimum absolute atomic E-state index is 0.336. The number of thiophene rings is 1. The van der Waals surface area contributed by atoms with Crippen LogP contribution >= 0.6 is 22.9 Å². The molecule has 1 aliphatic rings. The Labute approximate surface area is 165 Å². The minimum Gasteiger partial charge on any atom is -0.453 e. The second-order valence-electron chi connectivity index (χ2n) is 6.47. The van der Waals surface area contributed by atoms with Crippen LogP contribution in [-0.4, -0.2) is 25.0 Å². The van der Waals surface area contributed by atoms with Crippen LogP contribution in [0.4, 0.5) is 9.80 Å². The molecule has 0 fully saturated rings. The maximum Gasteiger partial charge on any atom is 0.413 e. The smallest absolute Gasteiger partial charge is 0.413 e. The zero-order valence-corrected chi connectivity index (χ0v) is 16.5. The quantitative estimate of drug-likeness (QED) is 0.796. The number of carbonyl (C=O) groups is 3. The SMILES string of the molecule is COC(=O)NC(=O)c1c(NC(=O)c2cccc(Cl)c2)sc2c1CC[C@@H](C)C2. The molecular weight excluding hydrogens is 388 g/mol. The van der Waals surface area contributed by atoms with Crippen LogP contribution in [0.2, 0.25) is 5.02 Å². The van der Waals surface area contributed by atoms with E-state index >= 15 is 0 Å². The van der Waals surface area contributed by atoms with E-state index in [0.717, 1.165) is 29.7 Å². The number of halogens is 1. The number of rotatable bonds is 3. The molecule has 8 heteroatoms. The zero-order valence-electron chi connectivity index (χ0n) is 14.9. The van der Waals surface area contributed by atoms with E-state index in [-0.39, 0.29) is 5.91 Å². The maximum atomic E-state index is 12.6. The van der Waals surface area contributed by atoms with Crippen LogP contribution in [0.15, 0.2) is 24.3 Å². The molecule has 6 nitrogen and oxygen atoms in total. The van der Waals surface area contributed by atoms with E-state index in [9.17, 15) is 14.4 Å². The molecule has 3 amide bonds. The number of methoxy groups -OCH3 is 1. The summed E-state index contributed by atoms with van der Waals surface area (Å²) >= 11 is 7.33. The van der Waals surface area contributed by atoms with Gasteiger partial charge >= 0.3 is 6.09 Å². The van der Waals surface area contributed by atoms with E-state index in [0.29, 0.717) is 27.1 Å². The largest absolute Gasteiger partial charge is 0.453 e. The summed E-state index contributed by atoms with van der Waals surface area (Å²) in [6.45, 7) is 2.15. The molecule has 1 aromatic carbocycles. The van der Waals surface area contributed by atoms with Gasteiger partial charge in [-0.05, 0) is 48.9 Å². The molecule has 0 aliphatic heterocycles. The van der Waals surface area contributed by atoms with Gasteiger partial charge in [-0.3, -0.25) is 14.9 Å². The topological polar surface area (TPSA) is 84.5 Å². The summed E-state index contributed by atoms with van der Waals surface area (Å²) in [6.07, 6.45) is 1.68. The Hall–Kier alpha value is -2.38. The van der Waals surface area contributed by atoms with Crippen molar-refractivity contribution in [2.75, 3.05) is 12.4 Å². The number of ether oxygens (including phenoxy) is 1. The van der Waals surface area contributed by atoms with Gasteiger partial charge in [0.2, 0.25) is 0 Å². The van der Waals surface area contributed by atoms with Crippen LogP contribution in [0.1, 0.15) is 44.5 Å². The first-order chi connectivity index (χ1) is 12.9.